The van der Waals surface area contributed by atoms with Crippen molar-refractivity contribution in [2.24, 2.45) is 0 Å². The monoisotopic (exact) mass is 361 g/mol. The van der Waals surface area contributed by atoms with Crippen molar-refractivity contribution in [1.29, 1.82) is 0 Å². The molecular weight excluding hydrogens is 342 g/mol. The lowest BCUT2D eigenvalue weighted by atomic mass is 10.1. The Hall–Kier alpha value is -1.81. The zero-order valence-corrected chi connectivity index (χ0v) is 14.6. The molecular formula is C18H20BrNO2. The number of nitrogens with one attached hydrogen (secondary N) is 1. The molecule has 1 atom stereocenters. The fourth-order valence-electron chi connectivity index (χ4n) is 2.12. The molecule has 0 saturated carbocycles. The maximum Gasteiger partial charge on any atom is 0.258 e. The predicted molar refractivity (Wildman–Crippen MR) is 92.1 cm³/mol. The molecule has 22 heavy (non-hydrogen) atoms. The van der Waals surface area contributed by atoms with Crippen LogP contribution >= 0.6 is 15.9 Å². The van der Waals surface area contributed by atoms with Crippen molar-refractivity contribution in [3.8, 4) is 5.75 Å². The summed E-state index contributed by atoms with van der Waals surface area (Å²) in [6, 6.07) is 13.8. The molecule has 3 nitrogen and oxygen atoms in total. The quantitative estimate of drug-likeness (QED) is 0.860. The average molecular weight is 362 g/mol. The Morgan fingerprint density at radius 2 is 1.86 bits per heavy atom. The Morgan fingerprint density at radius 3 is 2.55 bits per heavy atom. The molecule has 0 aliphatic heterocycles. The first-order chi connectivity index (χ1) is 10.5. The van der Waals surface area contributed by atoms with Gasteiger partial charge in [0.2, 0.25) is 0 Å². The van der Waals surface area contributed by atoms with Gasteiger partial charge in [-0.15, -0.1) is 0 Å². The van der Waals surface area contributed by atoms with Gasteiger partial charge in [-0.05, 0) is 55.7 Å². The van der Waals surface area contributed by atoms with Crippen LogP contribution in [0.2, 0.25) is 0 Å². The first kappa shape index (κ1) is 16.6. The fraction of sp³-hybridized carbons (Fsp3) is 0.278. The van der Waals surface area contributed by atoms with Gasteiger partial charge in [0.05, 0.1) is 6.04 Å². The first-order valence-corrected chi connectivity index (χ1v) is 8.00. The van der Waals surface area contributed by atoms with Gasteiger partial charge in [-0.2, -0.15) is 0 Å². The molecule has 116 valence electrons. The van der Waals surface area contributed by atoms with E-state index in [4.69, 9.17) is 4.74 Å². The van der Waals surface area contributed by atoms with Gasteiger partial charge in [0.25, 0.3) is 5.91 Å². The van der Waals surface area contributed by atoms with Gasteiger partial charge in [0.15, 0.2) is 6.61 Å². The van der Waals surface area contributed by atoms with Crippen LogP contribution in [0.25, 0.3) is 0 Å². The van der Waals surface area contributed by atoms with Crippen molar-refractivity contribution in [3.05, 3.63) is 63.6 Å². The zero-order valence-electron chi connectivity index (χ0n) is 13.0. The summed E-state index contributed by atoms with van der Waals surface area (Å²) in [4.78, 5) is 12.0. The number of hydrogen-bond donors (Lipinski definition) is 1. The molecule has 4 heteroatoms. The van der Waals surface area contributed by atoms with Gasteiger partial charge in [0.1, 0.15) is 5.75 Å². The van der Waals surface area contributed by atoms with Crippen molar-refractivity contribution in [1.82, 2.24) is 5.32 Å². The summed E-state index contributed by atoms with van der Waals surface area (Å²) in [6.45, 7) is 5.95. The van der Waals surface area contributed by atoms with Gasteiger partial charge in [-0.3, -0.25) is 4.79 Å². The molecule has 1 N–H and O–H groups in total. The van der Waals surface area contributed by atoms with Crippen LogP contribution < -0.4 is 10.1 Å². The fourth-order valence-corrected chi connectivity index (χ4v) is 2.39. The summed E-state index contributed by atoms with van der Waals surface area (Å²) >= 11 is 3.40. The number of carbonyl (C=O) groups excluding carboxylic acids is 1. The lowest BCUT2D eigenvalue weighted by Crippen LogP contribution is -2.31. The molecule has 2 rings (SSSR count). The molecule has 1 amide bonds. The molecule has 0 aromatic heterocycles. The summed E-state index contributed by atoms with van der Waals surface area (Å²) in [6.07, 6.45) is 0. The van der Waals surface area contributed by atoms with Crippen molar-refractivity contribution in [2.75, 3.05) is 6.61 Å². The van der Waals surface area contributed by atoms with Gasteiger partial charge in [0, 0.05) is 4.47 Å². The standard InChI is InChI=1S/C18H20BrNO2/c1-12-4-5-13(2)17(10-12)22-11-18(21)20-14(3)15-6-8-16(19)9-7-15/h4-10,14H,11H2,1-3H3,(H,20,21)/t14-/m0/s1. The van der Waals surface area contributed by atoms with E-state index in [1.807, 2.05) is 63.2 Å². The van der Waals surface area contributed by atoms with Crippen LogP contribution in [0.1, 0.15) is 29.7 Å². The van der Waals surface area contributed by atoms with E-state index in [1.165, 1.54) is 0 Å². The Morgan fingerprint density at radius 1 is 1.18 bits per heavy atom. The number of carbonyl (C=O) groups is 1. The smallest absolute Gasteiger partial charge is 0.258 e. The first-order valence-electron chi connectivity index (χ1n) is 7.20. The molecule has 0 aliphatic rings. The lowest BCUT2D eigenvalue weighted by Gasteiger charge is -2.15. The molecule has 0 fully saturated rings. The third kappa shape index (κ3) is 4.60. The van der Waals surface area contributed by atoms with Gasteiger partial charge in [-0.1, -0.05) is 40.2 Å². The van der Waals surface area contributed by atoms with E-state index in [9.17, 15) is 4.79 Å². The molecule has 2 aromatic rings. The Balaban J connectivity index is 1.90. The summed E-state index contributed by atoms with van der Waals surface area (Å²) in [5.41, 5.74) is 3.20. The highest BCUT2D eigenvalue weighted by atomic mass is 79.9. The van der Waals surface area contributed by atoms with Gasteiger partial charge in [-0.25, -0.2) is 0 Å². The van der Waals surface area contributed by atoms with E-state index >= 15 is 0 Å². The molecule has 0 heterocycles. The molecule has 2 aromatic carbocycles. The predicted octanol–water partition coefficient (Wildman–Crippen LogP) is 4.32. The van der Waals surface area contributed by atoms with Crippen molar-refractivity contribution < 1.29 is 9.53 Å². The van der Waals surface area contributed by atoms with E-state index < -0.39 is 0 Å². The van der Waals surface area contributed by atoms with Crippen molar-refractivity contribution in [2.45, 2.75) is 26.8 Å². The molecule has 0 aliphatic carbocycles. The minimum absolute atomic E-state index is 0.0190. The summed E-state index contributed by atoms with van der Waals surface area (Å²) in [5, 5.41) is 2.94. The third-order valence-corrected chi connectivity index (χ3v) is 3.98. The van der Waals surface area contributed by atoms with E-state index in [2.05, 4.69) is 21.2 Å². The second-order valence-electron chi connectivity index (χ2n) is 5.40. The number of amides is 1. The molecule has 0 unspecified atom stereocenters. The number of halogens is 1. The zero-order chi connectivity index (χ0) is 16.1. The Labute approximate surface area is 139 Å². The molecule has 0 radical (unpaired) electrons. The highest BCUT2D eigenvalue weighted by Gasteiger charge is 2.10. The minimum atomic E-state index is -0.128. The number of aryl methyl sites for hydroxylation is 2. The molecule has 0 saturated heterocycles. The number of hydrogen-bond acceptors (Lipinski definition) is 2. The van der Waals surface area contributed by atoms with Crippen LogP contribution in [0.4, 0.5) is 0 Å². The number of ether oxygens (including phenoxy) is 1. The van der Waals surface area contributed by atoms with Crippen LogP contribution in [0.15, 0.2) is 46.9 Å². The number of benzene rings is 2. The highest BCUT2D eigenvalue weighted by molar-refractivity contribution is 9.10. The van der Waals surface area contributed by atoms with Crippen LogP contribution in [-0.2, 0) is 4.79 Å². The summed E-state index contributed by atoms with van der Waals surface area (Å²) < 4.78 is 6.64. The van der Waals surface area contributed by atoms with E-state index in [0.29, 0.717) is 0 Å². The topological polar surface area (TPSA) is 38.3 Å². The third-order valence-electron chi connectivity index (χ3n) is 3.45. The largest absolute Gasteiger partial charge is 0.483 e. The van der Waals surface area contributed by atoms with Crippen LogP contribution in [0.3, 0.4) is 0 Å². The maximum atomic E-state index is 12.0. The summed E-state index contributed by atoms with van der Waals surface area (Å²) in [7, 11) is 0. The second-order valence-corrected chi connectivity index (χ2v) is 6.31. The van der Waals surface area contributed by atoms with Crippen molar-refractivity contribution >= 4 is 21.8 Å². The van der Waals surface area contributed by atoms with E-state index in [-0.39, 0.29) is 18.6 Å². The van der Waals surface area contributed by atoms with E-state index in [0.717, 1.165) is 26.9 Å². The van der Waals surface area contributed by atoms with Crippen LogP contribution in [0, 0.1) is 13.8 Å². The molecule has 0 spiro atoms. The minimum Gasteiger partial charge on any atom is -0.483 e. The summed E-state index contributed by atoms with van der Waals surface area (Å²) in [5.74, 6) is 0.628. The molecule has 0 bridgehead atoms. The Bertz CT molecular complexity index is 653. The second kappa shape index (κ2) is 7.45. The van der Waals surface area contributed by atoms with Gasteiger partial charge < -0.3 is 10.1 Å². The lowest BCUT2D eigenvalue weighted by molar-refractivity contribution is -0.123. The van der Waals surface area contributed by atoms with Crippen LogP contribution in [-0.4, -0.2) is 12.5 Å². The highest BCUT2D eigenvalue weighted by Crippen LogP contribution is 2.19. The Kier molecular flexibility index (Phi) is 5.61. The number of rotatable bonds is 5. The van der Waals surface area contributed by atoms with Crippen molar-refractivity contribution in [3.63, 3.8) is 0 Å². The van der Waals surface area contributed by atoms with Gasteiger partial charge >= 0.3 is 0 Å². The van der Waals surface area contributed by atoms with E-state index in [1.54, 1.807) is 0 Å². The SMILES string of the molecule is Cc1ccc(C)c(OCC(=O)N[C@@H](C)c2ccc(Br)cc2)c1. The van der Waals surface area contributed by atoms with Crippen LogP contribution in [0.5, 0.6) is 5.75 Å². The average Bonchev–Trinajstić information content (AvgIpc) is 2.49. The maximum absolute atomic E-state index is 12.0. The normalized spacial score (nSPS) is 11.8.